The van der Waals surface area contributed by atoms with E-state index in [0.29, 0.717) is 10.7 Å². The van der Waals surface area contributed by atoms with E-state index >= 15 is 0 Å². The van der Waals surface area contributed by atoms with Gasteiger partial charge in [-0.2, -0.15) is 0 Å². The van der Waals surface area contributed by atoms with Crippen molar-refractivity contribution in [2.75, 3.05) is 11.9 Å². The van der Waals surface area contributed by atoms with Crippen LogP contribution < -0.4 is 5.32 Å². The molecule has 0 unspecified atom stereocenters. The van der Waals surface area contributed by atoms with Crippen molar-refractivity contribution in [1.29, 1.82) is 0 Å². The number of hydrogen-bond donors (Lipinski definition) is 1. The van der Waals surface area contributed by atoms with Gasteiger partial charge in [0.05, 0.1) is 4.92 Å². The molecule has 0 saturated heterocycles. The molecule has 1 aliphatic rings. The van der Waals surface area contributed by atoms with Crippen LogP contribution in [0.25, 0.3) is 0 Å². The van der Waals surface area contributed by atoms with Crippen molar-refractivity contribution in [3.05, 3.63) is 32.8 Å². The van der Waals surface area contributed by atoms with Gasteiger partial charge in [0.25, 0.3) is 5.69 Å². The monoisotopic (exact) mass is 212 g/mol. The summed E-state index contributed by atoms with van der Waals surface area (Å²) in [4.78, 5) is 10.3. The van der Waals surface area contributed by atoms with E-state index in [-0.39, 0.29) is 5.69 Å². The van der Waals surface area contributed by atoms with Gasteiger partial charge >= 0.3 is 0 Å². The minimum atomic E-state index is -0.400. The van der Waals surface area contributed by atoms with E-state index in [2.05, 4.69) is 5.32 Å². The molecule has 0 aromatic heterocycles. The van der Waals surface area contributed by atoms with E-state index in [1.807, 2.05) is 0 Å². The minimum absolute atomic E-state index is 0.0761. The molecule has 0 bridgehead atoms. The molecule has 14 heavy (non-hydrogen) atoms. The number of aryl methyl sites for hydroxylation is 1. The number of rotatable bonds is 1. The van der Waals surface area contributed by atoms with Crippen LogP contribution in [0.3, 0.4) is 0 Å². The van der Waals surface area contributed by atoms with Gasteiger partial charge in [-0.05, 0) is 24.5 Å². The lowest BCUT2D eigenvalue weighted by Crippen LogP contribution is -2.13. The molecule has 74 valence electrons. The quantitative estimate of drug-likeness (QED) is 0.575. The molecule has 1 aliphatic heterocycles. The summed E-state index contributed by atoms with van der Waals surface area (Å²) >= 11 is 5.79. The molecular weight excluding hydrogens is 204 g/mol. The van der Waals surface area contributed by atoms with Gasteiger partial charge in [-0.15, -0.1) is 0 Å². The number of hydrogen-bond acceptors (Lipinski definition) is 3. The van der Waals surface area contributed by atoms with Gasteiger partial charge in [0.2, 0.25) is 0 Å². The maximum atomic E-state index is 10.7. The molecule has 1 N–H and O–H groups in total. The van der Waals surface area contributed by atoms with Crippen LogP contribution in [0, 0.1) is 10.1 Å². The Morgan fingerprint density at radius 2 is 2.29 bits per heavy atom. The van der Waals surface area contributed by atoms with Crippen molar-refractivity contribution < 1.29 is 4.92 Å². The molecule has 0 aliphatic carbocycles. The average Bonchev–Trinajstić information content (AvgIpc) is 2.16. The van der Waals surface area contributed by atoms with E-state index in [0.717, 1.165) is 24.9 Å². The number of fused-ring (bicyclic) bond motifs is 1. The summed E-state index contributed by atoms with van der Waals surface area (Å²) in [5.74, 6) is 0. The lowest BCUT2D eigenvalue weighted by molar-refractivity contribution is -0.384. The maximum Gasteiger partial charge on any atom is 0.294 e. The van der Waals surface area contributed by atoms with Gasteiger partial charge in [0.15, 0.2) is 0 Å². The Morgan fingerprint density at radius 1 is 1.50 bits per heavy atom. The molecule has 0 saturated carbocycles. The summed E-state index contributed by atoms with van der Waals surface area (Å²) in [6, 6.07) is 3.18. The van der Waals surface area contributed by atoms with Gasteiger partial charge in [-0.1, -0.05) is 11.6 Å². The normalized spacial score (nSPS) is 14.4. The van der Waals surface area contributed by atoms with Crippen LogP contribution >= 0.6 is 11.6 Å². The van der Waals surface area contributed by atoms with Gasteiger partial charge in [0.1, 0.15) is 5.69 Å². The summed E-state index contributed by atoms with van der Waals surface area (Å²) in [6.45, 7) is 0.787. The number of anilines is 1. The Balaban J connectivity index is 2.58. The third-order valence-electron chi connectivity index (χ3n) is 2.29. The van der Waals surface area contributed by atoms with Gasteiger partial charge < -0.3 is 5.32 Å². The Morgan fingerprint density at radius 3 is 3.00 bits per heavy atom. The van der Waals surface area contributed by atoms with Crippen LogP contribution in [0.2, 0.25) is 5.02 Å². The molecule has 4 nitrogen and oxygen atoms in total. The molecule has 1 aromatic rings. The maximum absolute atomic E-state index is 10.7. The number of nitrogens with zero attached hydrogens (tertiary/aromatic N) is 1. The fourth-order valence-corrected chi connectivity index (χ4v) is 1.92. The first kappa shape index (κ1) is 9.27. The van der Waals surface area contributed by atoms with E-state index in [1.54, 1.807) is 6.07 Å². The highest BCUT2D eigenvalue weighted by molar-refractivity contribution is 6.31. The molecular formula is C9H9ClN2O2. The Kier molecular flexibility index (Phi) is 2.29. The summed E-state index contributed by atoms with van der Waals surface area (Å²) in [6.07, 6.45) is 1.84. The topological polar surface area (TPSA) is 55.2 Å². The number of nitro groups is 1. The van der Waals surface area contributed by atoms with Crippen LogP contribution in [0.1, 0.15) is 12.0 Å². The second-order valence-electron chi connectivity index (χ2n) is 3.25. The fourth-order valence-electron chi connectivity index (χ4n) is 1.69. The van der Waals surface area contributed by atoms with Crippen molar-refractivity contribution in [3.63, 3.8) is 0 Å². The SMILES string of the molecule is O=[N+]([O-])c1cc(Cl)cc2c1NCCC2. The third kappa shape index (κ3) is 1.53. The summed E-state index contributed by atoms with van der Waals surface area (Å²) < 4.78 is 0. The van der Waals surface area contributed by atoms with Gasteiger partial charge in [-0.3, -0.25) is 10.1 Å². The fraction of sp³-hybridized carbons (Fsp3) is 0.333. The first-order valence-electron chi connectivity index (χ1n) is 4.39. The standard InChI is InChI=1S/C9H9ClN2O2/c10-7-4-6-2-1-3-11-9(6)8(5-7)12(13)14/h4-5,11H,1-3H2. The molecule has 0 fully saturated rings. The number of nitrogens with one attached hydrogen (secondary N) is 1. The number of halogens is 1. The summed E-state index contributed by atoms with van der Waals surface area (Å²) in [7, 11) is 0. The smallest absolute Gasteiger partial charge is 0.294 e. The Bertz CT molecular complexity index is 393. The second-order valence-corrected chi connectivity index (χ2v) is 3.68. The predicted molar refractivity (Wildman–Crippen MR) is 54.9 cm³/mol. The van der Waals surface area contributed by atoms with Crippen molar-refractivity contribution in [3.8, 4) is 0 Å². The van der Waals surface area contributed by atoms with Gasteiger partial charge in [0, 0.05) is 17.6 Å². The van der Waals surface area contributed by atoms with Crippen LogP contribution in [0.4, 0.5) is 11.4 Å². The van der Waals surface area contributed by atoms with E-state index in [9.17, 15) is 10.1 Å². The highest BCUT2D eigenvalue weighted by atomic mass is 35.5. The highest BCUT2D eigenvalue weighted by Crippen LogP contribution is 2.34. The number of benzene rings is 1. The Labute approximate surface area is 86.0 Å². The molecule has 1 aromatic carbocycles. The van der Waals surface area contributed by atoms with Crippen LogP contribution in [-0.4, -0.2) is 11.5 Å². The largest absolute Gasteiger partial charge is 0.379 e. The van der Waals surface area contributed by atoms with Crippen molar-refractivity contribution >= 4 is 23.0 Å². The molecule has 2 rings (SSSR count). The van der Waals surface area contributed by atoms with E-state index in [1.165, 1.54) is 6.07 Å². The van der Waals surface area contributed by atoms with Crippen LogP contribution in [0.5, 0.6) is 0 Å². The zero-order chi connectivity index (χ0) is 10.1. The predicted octanol–water partition coefficient (Wildman–Crippen LogP) is 2.61. The molecule has 0 amide bonds. The van der Waals surface area contributed by atoms with Crippen molar-refractivity contribution in [2.45, 2.75) is 12.8 Å². The lowest BCUT2D eigenvalue weighted by Gasteiger charge is -2.17. The zero-order valence-corrected chi connectivity index (χ0v) is 8.17. The van der Waals surface area contributed by atoms with Crippen LogP contribution in [0.15, 0.2) is 12.1 Å². The first-order valence-corrected chi connectivity index (χ1v) is 4.77. The van der Waals surface area contributed by atoms with Gasteiger partial charge in [-0.25, -0.2) is 0 Å². The van der Waals surface area contributed by atoms with Crippen molar-refractivity contribution in [2.24, 2.45) is 0 Å². The first-order chi connectivity index (χ1) is 6.68. The molecule has 0 atom stereocenters. The highest BCUT2D eigenvalue weighted by Gasteiger charge is 2.21. The van der Waals surface area contributed by atoms with E-state index in [4.69, 9.17) is 11.6 Å². The lowest BCUT2D eigenvalue weighted by atomic mass is 10.0. The summed E-state index contributed by atoms with van der Waals surface area (Å²) in [5.41, 5.74) is 1.65. The molecule has 1 heterocycles. The second kappa shape index (κ2) is 3.46. The molecule has 0 radical (unpaired) electrons. The Hall–Kier alpha value is -1.29. The third-order valence-corrected chi connectivity index (χ3v) is 2.50. The summed E-state index contributed by atoms with van der Waals surface area (Å²) in [5, 5.41) is 14.2. The number of nitro benzene ring substituents is 1. The zero-order valence-electron chi connectivity index (χ0n) is 7.42. The van der Waals surface area contributed by atoms with Crippen molar-refractivity contribution in [1.82, 2.24) is 0 Å². The molecule has 5 heteroatoms. The van der Waals surface area contributed by atoms with Crippen LogP contribution in [-0.2, 0) is 6.42 Å². The van der Waals surface area contributed by atoms with E-state index < -0.39 is 4.92 Å². The molecule has 0 spiro atoms. The minimum Gasteiger partial charge on any atom is -0.379 e. The average molecular weight is 213 g/mol.